The van der Waals surface area contributed by atoms with E-state index >= 15 is 0 Å². The minimum Gasteiger partial charge on any atom is -0.475 e. The SMILES string of the molecule is CNC(=O)Nc1ccc(-c2nc(C3=CCOCC3)c3cnn(C4CCN(C(=O)c5cccnc5)CC4)c3n2)cc1.O=C(O)C(F)(F)F. The first kappa shape index (κ1) is 33.0. The number of alkyl halides is 3. The Morgan fingerprint density at radius 1 is 1.04 bits per heavy atom. The zero-order valence-electron chi connectivity index (χ0n) is 25.2. The van der Waals surface area contributed by atoms with Gasteiger partial charge in [0, 0.05) is 43.8 Å². The van der Waals surface area contributed by atoms with Gasteiger partial charge >= 0.3 is 18.2 Å². The molecule has 13 nitrogen and oxygen atoms in total. The summed E-state index contributed by atoms with van der Waals surface area (Å²) in [5.74, 6) is -2.16. The standard InChI is InChI=1S/C29H30N8O3.C2HF3O2/c1-30-29(39)33-22-6-4-20(5-7-22)26-34-25(19-10-15-40-16-11-19)24-18-32-37(27(24)35-26)23-8-13-36(14-9-23)28(38)21-3-2-12-31-17-21;3-2(4,5)1(6)7/h2-7,10,12,17-18,23H,8-9,11,13-16H2,1H3,(H2,30,33,39);(H,6,7). The molecule has 0 saturated carbocycles. The molecule has 0 radical (unpaired) electrons. The topological polar surface area (TPSA) is 164 Å². The smallest absolute Gasteiger partial charge is 0.475 e. The maximum Gasteiger partial charge on any atom is 0.490 e. The number of halogens is 3. The van der Waals surface area contributed by atoms with Gasteiger partial charge < -0.3 is 25.4 Å². The summed E-state index contributed by atoms with van der Waals surface area (Å²) in [6, 6.07) is 10.9. The van der Waals surface area contributed by atoms with Crippen molar-refractivity contribution in [1.82, 2.24) is 34.9 Å². The van der Waals surface area contributed by atoms with Gasteiger partial charge in [-0.05, 0) is 61.2 Å². The second kappa shape index (κ2) is 14.4. The number of likely N-dealkylation sites (tertiary alicyclic amines) is 1. The Morgan fingerprint density at radius 2 is 1.77 bits per heavy atom. The van der Waals surface area contributed by atoms with Gasteiger partial charge in [0.25, 0.3) is 5.91 Å². The number of hydrogen-bond donors (Lipinski definition) is 3. The Bertz CT molecular complexity index is 1770. The van der Waals surface area contributed by atoms with E-state index in [9.17, 15) is 22.8 Å². The van der Waals surface area contributed by atoms with Crippen molar-refractivity contribution in [2.75, 3.05) is 38.7 Å². The number of pyridine rings is 1. The van der Waals surface area contributed by atoms with Gasteiger partial charge in [0.15, 0.2) is 11.5 Å². The third kappa shape index (κ3) is 7.89. The molecule has 47 heavy (non-hydrogen) atoms. The normalized spacial score (nSPS) is 15.3. The molecular formula is C31H31F3N8O5. The number of carboxylic acids is 1. The molecule has 0 aliphatic carbocycles. The van der Waals surface area contributed by atoms with Gasteiger partial charge in [-0.15, -0.1) is 0 Å². The summed E-state index contributed by atoms with van der Waals surface area (Å²) in [6.45, 7) is 2.46. The lowest BCUT2D eigenvalue weighted by atomic mass is 10.0. The van der Waals surface area contributed by atoms with E-state index in [0.717, 1.165) is 47.1 Å². The van der Waals surface area contributed by atoms with Crippen LogP contribution in [0.5, 0.6) is 0 Å². The second-order valence-electron chi connectivity index (χ2n) is 10.6. The van der Waals surface area contributed by atoms with Crippen LogP contribution in [-0.4, -0.2) is 92.2 Å². The Kier molecular flexibility index (Phi) is 10.1. The maximum atomic E-state index is 12.9. The van der Waals surface area contributed by atoms with Crippen LogP contribution in [0.4, 0.5) is 23.7 Å². The number of benzene rings is 1. The van der Waals surface area contributed by atoms with E-state index in [0.29, 0.717) is 43.4 Å². The van der Waals surface area contributed by atoms with Gasteiger partial charge in [0.2, 0.25) is 0 Å². The summed E-state index contributed by atoms with van der Waals surface area (Å²) >= 11 is 0. The van der Waals surface area contributed by atoms with Crippen LogP contribution in [0.3, 0.4) is 0 Å². The van der Waals surface area contributed by atoms with Crippen molar-refractivity contribution in [3.05, 3.63) is 72.3 Å². The number of ether oxygens (including phenoxy) is 1. The van der Waals surface area contributed by atoms with Crippen LogP contribution in [-0.2, 0) is 9.53 Å². The lowest BCUT2D eigenvalue weighted by Gasteiger charge is -2.32. The van der Waals surface area contributed by atoms with E-state index in [-0.39, 0.29) is 18.0 Å². The minimum atomic E-state index is -5.08. The highest BCUT2D eigenvalue weighted by atomic mass is 19.4. The lowest BCUT2D eigenvalue weighted by molar-refractivity contribution is -0.192. The molecule has 5 heterocycles. The molecular weight excluding hydrogens is 621 g/mol. The van der Waals surface area contributed by atoms with Crippen LogP contribution in [0.2, 0.25) is 0 Å². The van der Waals surface area contributed by atoms with Crippen molar-refractivity contribution < 1.29 is 37.4 Å². The molecule has 2 aliphatic rings. The van der Waals surface area contributed by atoms with Gasteiger partial charge in [0.05, 0.1) is 42.1 Å². The average molecular weight is 653 g/mol. The zero-order valence-corrected chi connectivity index (χ0v) is 25.2. The van der Waals surface area contributed by atoms with Gasteiger partial charge in [0.1, 0.15) is 0 Å². The number of hydrogen-bond acceptors (Lipinski definition) is 8. The predicted octanol–water partition coefficient (Wildman–Crippen LogP) is 4.55. The number of nitrogens with zero attached hydrogens (tertiary/aromatic N) is 6. The van der Waals surface area contributed by atoms with Crippen LogP contribution >= 0.6 is 0 Å². The molecule has 0 bridgehead atoms. The maximum absolute atomic E-state index is 12.9. The molecule has 3 aromatic heterocycles. The molecule has 3 N–H and O–H groups in total. The highest BCUT2D eigenvalue weighted by molar-refractivity contribution is 5.94. The second-order valence-corrected chi connectivity index (χ2v) is 10.6. The molecule has 0 spiro atoms. The summed E-state index contributed by atoms with van der Waals surface area (Å²) in [5.41, 5.74) is 4.88. The summed E-state index contributed by atoms with van der Waals surface area (Å²) in [5, 5.41) is 18.1. The molecule has 1 fully saturated rings. The lowest BCUT2D eigenvalue weighted by Crippen LogP contribution is -2.39. The first-order valence-corrected chi connectivity index (χ1v) is 14.7. The number of urea groups is 1. The number of aromatic nitrogens is 5. The summed E-state index contributed by atoms with van der Waals surface area (Å²) < 4.78 is 39.3. The van der Waals surface area contributed by atoms with E-state index in [2.05, 4.69) is 21.7 Å². The average Bonchev–Trinajstić information content (AvgIpc) is 3.52. The minimum absolute atomic E-state index is 0.00424. The van der Waals surface area contributed by atoms with Gasteiger partial charge in [-0.2, -0.15) is 18.3 Å². The number of aliphatic carboxylic acids is 1. The van der Waals surface area contributed by atoms with E-state index in [1.165, 1.54) is 0 Å². The number of carboxylic acid groups (broad SMARTS) is 1. The number of piperidine rings is 1. The molecule has 1 aromatic carbocycles. The highest BCUT2D eigenvalue weighted by Gasteiger charge is 2.38. The first-order chi connectivity index (χ1) is 22.5. The van der Waals surface area contributed by atoms with Crippen LogP contribution in [0.15, 0.2) is 61.1 Å². The Balaban J connectivity index is 0.000000559. The van der Waals surface area contributed by atoms with E-state index < -0.39 is 12.1 Å². The summed E-state index contributed by atoms with van der Waals surface area (Å²) in [4.78, 5) is 49.4. The Morgan fingerprint density at radius 3 is 2.36 bits per heavy atom. The number of nitrogens with one attached hydrogen (secondary N) is 2. The quantitative estimate of drug-likeness (QED) is 0.281. The fourth-order valence-electron chi connectivity index (χ4n) is 5.19. The van der Waals surface area contributed by atoms with Crippen molar-refractivity contribution >= 4 is 40.2 Å². The van der Waals surface area contributed by atoms with Crippen molar-refractivity contribution in [2.45, 2.75) is 31.5 Å². The predicted molar refractivity (Wildman–Crippen MR) is 164 cm³/mol. The molecule has 1 saturated heterocycles. The van der Waals surface area contributed by atoms with Crippen LogP contribution in [0, 0.1) is 0 Å². The number of fused-ring (bicyclic) bond motifs is 1. The van der Waals surface area contributed by atoms with Gasteiger partial charge in [-0.25, -0.2) is 24.2 Å². The van der Waals surface area contributed by atoms with Crippen LogP contribution in [0.1, 0.15) is 41.4 Å². The van der Waals surface area contributed by atoms with Crippen LogP contribution < -0.4 is 10.6 Å². The molecule has 16 heteroatoms. The molecule has 3 amide bonds. The van der Waals surface area contributed by atoms with Crippen molar-refractivity contribution in [2.24, 2.45) is 0 Å². The van der Waals surface area contributed by atoms with E-state index in [4.69, 9.17) is 29.7 Å². The molecule has 246 valence electrons. The number of rotatable bonds is 5. The van der Waals surface area contributed by atoms with Crippen molar-refractivity contribution in [3.8, 4) is 11.4 Å². The molecule has 0 atom stereocenters. The summed E-state index contributed by atoms with van der Waals surface area (Å²) in [7, 11) is 1.57. The summed E-state index contributed by atoms with van der Waals surface area (Å²) in [6.07, 6.45) is 4.44. The number of anilines is 1. The number of carbonyl (C=O) groups is 3. The molecule has 0 unspecified atom stereocenters. The van der Waals surface area contributed by atoms with E-state index in [1.54, 1.807) is 31.6 Å². The molecule has 2 aliphatic heterocycles. The van der Waals surface area contributed by atoms with E-state index in [1.807, 2.05) is 40.0 Å². The van der Waals surface area contributed by atoms with Gasteiger partial charge in [-0.1, -0.05) is 6.08 Å². The van der Waals surface area contributed by atoms with Gasteiger partial charge in [-0.3, -0.25) is 9.78 Å². The Labute approximate surface area is 266 Å². The van der Waals surface area contributed by atoms with Crippen molar-refractivity contribution in [3.63, 3.8) is 0 Å². The molecule has 6 rings (SSSR count). The van der Waals surface area contributed by atoms with Crippen molar-refractivity contribution in [1.29, 1.82) is 0 Å². The molecule has 4 aromatic rings. The monoisotopic (exact) mass is 652 g/mol. The third-order valence-corrected chi connectivity index (χ3v) is 7.60. The largest absolute Gasteiger partial charge is 0.490 e. The first-order valence-electron chi connectivity index (χ1n) is 14.7. The highest BCUT2D eigenvalue weighted by Crippen LogP contribution is 2.33. The zero-order chi connectivity index (χ0) is 33.6. The number of amides is 3. The number of carbonyl (C=O) groups excluding carboxylic acids is 2. The fraction of sp³-hybridized carbons (Fsp3) is 0.323. The third-order valence-electron chi connectivity index (χ3n) is 7.60. The van der Waals surface area contributed by atoms with Crippen LogP contribution in [0.25, 0.3) is 28.0 Å². The fourth-order valence-corrected chi connectivity index (χ4v) is 5.19. The Hall–Kier alpha value is -5.38.